The summed E-state index contributed by atoms with van der Waals surface area (Å²) in [7, 11) is 0. The second-order valence-electron chi connectivity index (χ2n) is 4.80. The van der Waals surface area contributed by atoms with Crippen LogP contribution in [-0.4, -0.2) is 18.0 Å². The van der Waals surface area contributed by atoms with Gasteiger partial charge in [0.2, 0.25) is 0 Å². The summed E-state index contributed by atoms with van der Waals surface area (Å²) in [6.45, 7) is 4.32. The molecule has 0 aromatic heterocycles. The predicted molar refractivity (Wildman–Crippen MR) is 72.5 cm³/mol. The minimum atomic E-state index is -0.117. The number of halogens is 1. The molecule has 0 amide bonds. The summed E-state index contributed by atoms with van der Waals surface area (Å²) in [5, 5.41) is 9.43. The number of likely N-dealkylation sites (tertiary alicyclic amines) is 1. The van der Waals surface area contributed by atoms with Crippen molar-refractivity contribution >= 4 is 15.9 Å². The number of hydrogen-bond donors (Lipinski definition) is 0. The molecule has 0 N–H and O–H groups in total. The standard InChI is InChI=1S/C14H17BrN2/c1-11-5-4-8-17(10-11)14(9-16)12-6-2-3-7-13(12)15/h2-3,6-7,11,14H,4-5,8,10H2,1H3. The van der Waals surface area contributed by atoms with Gasteiger partial charge >= 0.3 is 0 Å². The molecule has 0 saturated carbocycles. The summed E-state index contributed by atoms with van der Waals surface area (Å²) in [6, 6.07) is 10.4. The molecular formula is C14H17BrN2. The van der Waals surface area contributed by atoms with Gasteiger partial charge in [0.1, 0.15) is 6.04 Å². The van der Waals surface area contributed by atoms with Crippen molar-refractivity contribution in [2.75, 3.05) is 13.1 Å². The van der Waals surface area contributed by atoms with Gasteiger partial charge in [0.05, 0.1) is 6.07 Å². The van der Waals surface area contributed by atoms with Crippen LogP contribution < -0.4 is 0 Å². The summed E-state index contributed by atoms with van der Waals surface area (Å²) >= 11 is 3.54. The average Bonchev–Trinajstić information content (AvgIpc) is 2.33. The van der Waals surface area contributed by atoms with Crippen LogP contribution in [0, 0.1) is 17.2 Å². The Bertz CT molecular complexity index is 424. The van der Waals surface area contributed by atoms with Crippen LogP contribution in [0.4, 0.5) is 0 Å². The molecule has 1 aliphatic rings. The Morgan fingerprint density at radius 1 is 1.47 bits per heavy atom. The molecule has 0 radical (unpaired) electrons. The third-order valence-corrected chi connectivity index (χ3v) is 4.10. The third-order valence-electron chi connectivity index (χ3n) is 3.38. The van der Waals surface area contributed by atoms with E-state index < -0.39 is 0 Å². The molecule has 90 valence electrons. The van der Waals surface area contributed by atoms with Gasteiger partial charge in [0, 0.05) is 11.0 Å². The van der Waals surface area contributed by atoms with Crippen LogP contribution in [0.1, 0.15) is 31.4 Å². The Hall–Kier alpha value is -0.850. The Labute approximate surface area is 111 Å². The molecule has 1 aliphatic heterocycles. The fraction of sp³-hybridized carbons (Fsp3) is 0.500. The zero-order valence-corrected chi connectivity index (χ0v) is 11.7. The topological polar surface area (TPSA) is 27.0 Å². The van der Waals surface area contributed by atoms with Gasteiger partial charge < -0.3 is 0 Å². The van der Waals surface area contributed by atoms with Crippen LogP contribution in [-0.2, 0) is 0 Å². The minimum Gasteiger partial charge on any atom is -0.284 e. The maximum atomic E-state index is 9.43. The molecule has 2 nitrogen and oxygen atoms in total. The molecule has 3 heteroatoms. The first kappa shape index (κ1) is 12.6. The van der Waals surface area contributed by atoms with Gasteiger partial charge in [-0.15, -0.1) is 0 Å². The molecule has 1 saturated heterocycles. The smallest absolute Gasteiger partial charge is 0.124 e. The van der Waals surface area contributed by atoms with Crippen LogP contribution in [0.5, 0.6) is 0 Å². The van der Waals surface area contributed by atoms with Crippen LogP contribution in [0.2, 0.25) is 0 Å². The molecule has 2 rings (SSSR count). The van der Waals surface area contributed by atoms with Crippen LogP contribution >= 0.6 is 15.9 Å². The third kappa shape index (κ3) is 2.88. The molecule has 2 unspecified atom stereocenters. The Balaban J connectivity index is 2.22. The SMILES string of the molecule is CC1CCCN(C(C#N)c2ccccc2Br)C1. The van der Waals surface area contributed by atoms with Gasteiger partial charge in [-0.1, -0.05) is 41.1 Å². The highest BCUT2D eigenvalue weighted by Crippen LogP contribution is 2.30. The van der Waals surface area contributed by atoms with E-state index in [1.54, 1.807) is 0 Å². The van der Waals surface area contributed by atoms with E-state index in [0.29, 0.717) is 5.92 Å². The molecule has 2 atom stereocenters. The molecule has 17 heavy (non-hydrogen) atoms. The highest BCUT2D eigenvalue weighted by atomic mass is 79.9. The average molecular weight is 293 g/mol. The molecule has 0 bridgehead atoms. The lowest BCUT2D eigenvalue weighted by Gasteiger charge is -2.34. The van der Waals surface area contributed by atoms with E-state index >= 15 is 0 Å². The molecule has 1 fully saturated rings. The molecule has 1 heterocycles. The second kappa shape index (κ2) is 5.66. The van der Waals surface area contributed by atoms with Crippen molar-refractivity contribution in [1.82, 2.24) is 4.90 Å². The van der Waals surface area contributed by atoms with E-state index in [2.05, 4.69) is 33.8 Å². The molecular weight excluding hydrogens is 276 g/mol. The lowest BCUT2D eigenvalue weighted by molar-refractivity contribution is 0.156. The number of nitriles is 1. The van der Waals surface area contributed by atoms with Gasteiger partial charge in [-0.25, -0.2) is 0 Å². The quantitative estimate of drug-likeness (QED) is 0.830. The summed E-state index contributed by atoms with van der Waals surface area (Å²) in [5.41, 5.74) is 1.09. The van der Waals surface area contributed by atoms with Crippen molar-refractivity contribution in [3.63, 3.8) is 0 Å². The number of benzene rings is 1. The first-order valence-corrected chi connectivity index (χ1v) is 6.89. The summed E-state index contributed by atoms with van der Waals surface area (Å²) < 4.78 is 1.03. The maximum absolute atomic E-state index is 9.43. The zero-order chi connectivity index (χ0) is 12.3. The van der Waals surface area contributed by atoms with Crippen LogP contribution in [0.15, 0.2) is 28.7 Å². The van der Waals surface area contributed by atoms with E-state index in [1.807, 2.05) is 24.3 Å². The summed E-state index contributed by atoms with van der Waals surface area (Å²) in [5.74, 6) is 0.696. The van der Waals surface area contributed by atoms with Crippen molar-refractivity contribution in [2.24, 2.45) is 5.92 Å². The highest BCUT2D eigenvalue weighted by molar-refractivity contribution is 9.10. The highest BCUT2D eigenvalue weighted by Gasteiger charge is 2.25. The number of piperidine rings is 1. The Morgan fingerprint density at radius 3 is 2.88 bits per heavy atom. The normalized spacial score (nSPS) is 23.0. The number of rotatable bonds is 2. The monoisotopic (exact) mass is 292 g/mol. The number of nitrogens with zero attached hydrogens (tertiary/aromatic N) is 2. The van der Waals surface area contributed by atoms with Gasteiger partial charge in [-0.3, -0.25) is 4.90 Å². The fourth-order valence-corrected chi connectivity index (χ4v) is 3.01. The van der Waals surface area contributed by atoms with E-state index in [0.717, 1.165) is 23.1 Å². The molecule has 0 aliphatic carbocycles. The van der Waals surface area contributed by atoms with Crippen LogP contribution in [0.25, 0.3) is 0 Å². The molecule has 1 aromatic rings. The van der Waals surface area contributed by atoms with Gasteiger partial charge in [0.15, 0.2) is 0 Å². The van der Waals surface area contributed by atoms with Gasteiger partial charge in [-0.05, 0) is 36.9 Å². The summed E-state index contributed by atoms with van der Waals surface area (Å²) in [6.07, 6.45) is 2.48. The lowest BCUT2D eigenvalue weighted by atomic mass is 9.97. The van der Waals surface area contributed by atoms with Crippen molar-refractivity contribution in [3.8, 4) is 6.07 Å². The minimum absolute atomic E-state index is 0.117. The van der Waals surface area contributed by atoms with E-state index in [1.165, 1.54) is 12.8 Å². The fourth-order valence-electron chi connectivity index (χ4n) is 2.50. The Kier molecular flexibility index (Phi) is 4.20. The van der Waals surface area contributed by atoms with Crippen molar-refractivity contribution in [1.29, 1.82) is 5.26 Å². The first-order valence-electron chi connectivity index (χ1n) is 6.10. The van der Waals surface area contributed by atoms with Crippen molar-refractivity contribution in [2.45, 2.75) is 25.8 Å². The van der Waals surface area contributed by atoms with Crippen molar-refractivity contribution < 1.29 is 0 Å². The summed E-state index contributed by atoms with van der Waals surface area (Å²) in [4.78, 5) is 2.30. The lowest BCUT2D eigenvalue weighted by Crippen LogP contribution is -2.37. The van der Waals surface area contributed by atoms with Gasteiger partial charge in [-0.2, -0.15) is 5.26 Å². The van der Waals surface area contributed by atoms with E-state index in [9.17, 15) is 5.26 Å². The maximum Gasteiger partial charge on any atom is 0.124 e. The van der Waals surface area contributed by atoms with Gasteiger partial charge in [0.25, 0.3) is 0 Å². The van der Waals surface area contributed by atoms with E-state index in [-0.39, 0.29) is 6.04 Å². The Morgan fingerprint density at radius 2 is 2.24 bits per heavy atom. The van der Waals surface area contributed by atoms with E-state index in [4.69, 9.17) is 0 Å². The predicted octanol–water partition coefficient (Wildman–Crippen LogP) is 3.75. The first-order chi connectivity index (χ1) is 8.22. The largest absolute Gasteiger partial charge is 0.284 e. The second-order valence-corrected chi connectivity index (χ2v) is 5.65. The molecule has 0 spiro atoms. The number of hydrogen-bond acceptors (Lipinski definition) is 2. The molecule has 1 aromatic carbocycles. The zero-order valence-electron chi connectivity index (χ0n) is 10.1. The van der Waals surface area contributed by atoms with Crippen LogP contribution in [0.3, 0.4) is 0 Å². The van der Waals surface area contributed by atoms with Crippen molar-refractivity contribution in [3.05, 3.63) is 34.3 Å².